The molecule has 0 saturated carbocycles. The SMILES string of the molecule is CN1[CH-]N(c2[c-]c(Oc3[c-]c(-c4cc(C(C)(C)C)ccn4)cnc3)ncc2)c2ccccc21.[Pt]. The van der Waals surface area contributed by atoms with E-state index >= 15 is 0 Å². The van der Waals surface area contributed by atoms with E-state index in [-0.39, 0.29) is 26.5 Å². The van der Waals surface area contributed by atoms with Gasteiger partial charge in [0.15, 0.2) is 0 Å². The number of aromatic nitrogens is 3. The summed E-state index contributed by atoms with van der Waals surface area (Å²) in [4.78, 5) is 17.3. The minimum atomic E-state index is 0. The fourth-order valence-corrected chi connectivity index (χ4v) is 3.71. The number of hydrogen-bond donors (Lipinski definition) is 0. The normalized spacial score (nSPS) is 12.8. The van der Waals surface area contributed by atoms with Crippen LogP contribution in [0.1, 0.15) is 26.3 Å². The molecule has 1 aliphatic rings. The van der Waals surface area contributed by atoms with Crippen LogP contribution in [0, 0.1) is 18.8 Å². The molecule has 1 aliphatic heterocycles. The van der Waals surface area contributed by atoms with Gasteiger partial charge in [-0.3, -0.25) is 4.98 Å². The Balaban J connectivity index is 0.00000274. The number of benzene rings is 1. The Morgan fingerprint density at radius 2 is 1.71 bits per heavy atom. The van der Waals surface area contributed by atoms with Gasteiger partial charge in [0.25, 0.3) is 0 Å². The van der Waals surface area contributed by atoms with E-state index in [9.17, 15) is 0 Å². The van der Waals surface area contributed by atoms with E-state index < -0.39 is 0 Å². The van der Waals surface area contributed by atoms with Crippen LogP contribution in [0.3, 0.4) is 0 Å². The molecule has 3 aromatic heterocycles. The third-order valence-corrected chi connectivity index (χ3v) is 5.49. The van der Waals surface area contributed by atoms with Crippen LogP contribution >= 0.6 is 0 Å². The van der Waals surface area contributed by atoms with Crippen molar-refractivity contribution in [3.05, 3.63) is 91.6 Å². The summed E-state index contributed by atoms with van der Waals surface area (Å²) in [5.41, 5.74) is 5.82. The maximum absolute atomic E-state index is 5.99. The fourth-order valence-electron chi connectivity index (χ4n) is 3.71. The number of para-hydroxylation sites is 2. The zero-order valence-corrected chi connectivity index (χ0v) is 21.7. The first-order chi connectivity index (χ1) is 15.9. The number of pyridine rings is 3. The van der Waals surface area contributed by atoms with Gasteiger partial charge in [-0.25, -0.2) is 0 Å². The Morgan fingerprint density at radius 3 is 2.50 bits per heavy atom. The van der Waals surface area contributed by atoms with Gasteiger partial charge in [-0.05, 0) is 54.3 Å². The average Bonchev–Trinajstić information content (AvgIpc) is 3.16. The minimum Gasteiger partial charge on any atom is -0.504 e. The van der Waals surface area contributed by atoms with E-state index in [1.54, 1.807) is 18.6 Å². The predicted octanol–water partition coefficient (Wildman–Crippen LogP) is 5.93. The van der Waals surface area contributed by atoms with E-state index in [1.165, 1.54) is 5.56 Å². The van der Waals surface area contributed by atoms with Gasteiger partial charge in [-0.2, -0.15) is 24.5 Å². The van der Waals surface area contributed by atoms with Crippen molar-refractivity contribution in [1.29, 1.82) is 0 Å². The summed E-state index contributed by atoms with van der Waals surface area (Å²) in [5.74, 6) is 0.804. The van der Waals surface area contributed by atoms with Crippen molar-refractivity contribution >= 4 is 17.1 Å². The van der Waals surface area contributed by atoms with E-state index in [1.807, 2.05) is 44.2 Å². The van der Waals surface area contributed by atoms with E-state index in [0.717, 1.165) is 28.3 Å². The van der Waals surface area contributed by atoms with Crippen molar-refractivity contribution in [2.24, 2.45) is 0 Å². The first-order valence-electron chi connectivity index (χ1n) is 10.7. The van der Waals surface area contributed by atoms with E-state index in [4.69, 9.17) is 4.74 Å². The third kappa shape index (κ3) is 4.83. The molecule has 0 aliphatic carbocycles. The topological polar surface area (TPSA) is 54.4 Å². The molecule has 4 heterocycles. The fraction of sp³-hybridized carbons (Fsp3) is 0.185. The standard InChI is InChI=1S/C27H24N5O.Pt/c1-27(2,3)20-9-11-29-23(14-20)19-13-22(17-28-16-19)33-26-15-21(10-12-30-26)32-18-31(4)24-7-5-6-8-25(24)32;/h5-12,14,16-18H,1-4H3;/q-3;. The molecule has 0 unspecified atom stereocenters. The van der Waals surface area contributed by atoms with Crippen LogP contribution < -0.4 is 14.5 Å². The van der Waals surface area contributed by atoms with Crippen molar-refractivity contribution in [2.75, 3.05) is 16.8 Å². The molecule has 0 spiro atoms. The molecule has 176 valence electrons. The van der Waals surface area contributed by atoms with Crippen molar-refractivity contribution in [3.8, 4) is 22.9 Å². The van der Waals surface area contributed by atoms with Crippen LogP contribution in [0.25, 0.3) is 11.3 Å². The van der Waals surface area contributed by atoms with Gasteiger partial charge in [-0.1, -0.05) is 51.2 Å². The largest absolute Gasteiger partial charge is 0.504 e. The zero-order valence-electron chi connectivity index (χ0n) is 19.4. The second kappa shape index (κ2) is 9.55. The van der Waals surface area contributed by atoms with Crippen molar-refractivity contribution < 1.29 is 25.8 Å². The Labute approximate surface area is 214 Å². The van der Waals surface area contributed by atoms with Crippen LogP contribution in [0.5, 0.6) is 11.6 Å². The molecule has 0 N–H and O–H groups in total. The molecule has 34 heavy (non-hydrogen) atoms. The maximum atomic E-state index is 5.99. The van der Waals surface area contributed by atoms with Crippen LogP contribution in [-0.4, -0.2) is 22.0 Å². The van der Waals surface area contributed by atoms with E-state index in [2.05, 4.69) is 75.9 Å². The number of fused-ring (bicyclic) bond motifs is 1. The summed E-state index contributed by atoms with van der Waals surface area (Å²) in [7, 11) is 2.02. The summed E-state index contributed by atoms with van der Waals surface area (Å²) in [6.45, 7) is 8.55. The maximum Gasteiger partial charge on any atom is 0.124 e. The van der Waals surface area contributed by atoms with Crippen molar-refractivity contribution in [2.45, 2.75) is 26.2 Å². The van der Waals surface area contributed by atoms with Crippen molar-refractivity contribution in [1.82, 2.24) is 15.0 Å². The molecule has 0 saturated heterocycles. The molecular weight excluding hydrogens is 605 g/mol. The number of anilines is 3. The van der Waals surface area contributed by atoms with Crippen molar-refractivity contribution in [3.63, 3.8) is 0 Å². The monoisotopic (exact) mass is 629 g/mol. The van der Waals surface area contributed by atoms with Gasteiger partial charge in [-0.15, -0.1) is 5.56 Å². The molecule has 1 aromatic carbocycles. The Morgan fingerprint density at radius 1 is 0.941 bits per heavy atom. The van der Waals surface area contributed by atoms with Gasteiger partial charge in [0.1, 0.15) is 5.88 Å². The van der Waals surface area contributed by atoms with Gasteiger partial charge in [0.05, 0.1) is 5.75 Å². The summed E-state index contributed by atoms with van der Waals surface area (Å²) in [6, 6.07) is 20.7. The smallest absolute Gasteiger partial charge is 0.124 e. The number of ether oxygens (including phenoxy) is 1. The molecule has 4 aromatic rings. The van der Waals surface area contributed by atoms with Crippen LogP contribution in [0.4, 0.5) is 17.1 Å². The quantitative estimate of drug-likeness (QED) is 0.261. The average molecular weight is 630 g/mol. The zero-order chi connectivity index (χ0) is 23.0. The van der Waals surface area contributed by atoms with Gasteiger partial charge >= 0.3 is 0 Å². The molecule has 0 radical (unpaired) electrons. The number of hydrogen-bond acceptors (Lipinski definition) is 6. The number of rotatable bonds is 4. The molecule has 0 bridgehead atoms. The van der Waals surface area contributed by atoms with E-state index in [0.29, 0.717) is 11.6 Å². The molecular formula is C27H24N5OPt-3. The predicted molar refractivity (Wildman–Crippen MR) is 129 cm³/mol. The van der Waals surface area contributed by atoms with Crippen LogP contribution in [0.2, 0.25) is 0 Å². The Bertz CT molecular complexity index is 1300. The second-order valence-corrected chi connectivity index (χ2v) is 8.94. The molecule has 0 amide bonds. The molecule has 0 fully saturated rings. The molecule has 7 heteroatoms. The summed E-state index contributed by atoms with van der Waals surface area (Å²) >= 11 is 0. The van der Waals surface area contributed by atoms with Crippen LogP contribution in [0.15, 0.2) is 67.3 Å². The first-order valence-corrected chi connectivity index (χ1v) is 10.7. The molecule has 6 nitrogen and oxygen atoms in total. The van der Waals surface area contributed by atoms with Gasteiger partial charge < -0.3 is 24.5 Å². The minimum absolute atomic E-state index is 0. The Hall–Kier alpha value is -3.24. The summed E-state index contributed by atoms with van der Waals surface area (Å²) in [5, 5.41) is 0. The first kappa shape index (κ1) is 23.9. The number of nitrogens with zero attached hydrogens (tertiary/aromatic N) is 5. The van der Waals surface area contributed by atoms with Gasteiger partial charge in [0.2, 0.25) is 0 Å². The molecule has 0 atom stereocenters. The second-order valence-electron chi connectivity index (χ2n) is 8.94. The third-order valence-electron chi connectivity index (χ3n) is 5.49. The summed E-state index contributed by atoms with van der Waals surface area (Å²) in [6.07, 6.45) is 6.88. The van der Waals surface area contributed by atoms with Crippen LogP contribution in [-0.2, 0) is 26.5 Å². The Kier molecular flexibility index (Phi) is 6.72. The molecule has 5 rings (SSSR count). The van der Waals surface area contributed by atoms with Gasteiger partial charge in [0, 0.05) is 38.6 Å². The summed E-state index contributed by atoms with van der Waals surface area (Å²) < 4.78 is 5.99.